The quantitative estimate of drug-likeness (QED) is 0.111. The molecule has 0 unspecified atom stereocenters. The van der Waals surface area contributed by atoms with E-state index >= 15 is 0 Å². The van der Waals surface area contributed by atoms with Gasteiger partial charge in [-0.15, -0.1) is 0 Å². The number of rotatable bonds is 13. The molecule has 0 radical (unpaired) electrons. The number of pyridine rings is 2. The normalized spacial score (nSPS) is 13.9. The minimum absolute atomic E-state index is 0.0204. The van der Waals surface area contributed by atoms with E-state index in [9.17, 15) is 19.6 Å². The van der Waals surface area contributed by atoms with Crippen LogP contribution >= 0.6 is 0 Å². The van der Waals surface area contributed by atoms with E-state index < -0.39 is 5.91 Å². The number of amides is 3. The van der Waals surface area contributed by atoms with E-state index in [1.807, 2.05) is 162 Å². The highest BCUT2D eigenvalue weighted by atomic mass is 16.5. The molecule has 4 heterocycles. The lowest BCUT2D eigenvalue weighted by molar-refractivity contribution is -0.127. The van der Waals surface area contributed by atoms with Gasteiger partial charge in [0.25, 0.3) is 5.91 Å². The Kier molecular flexibility index (Phi) is 15.9. The third-order valence-electron chi connectivity index (χ3n) is 11.4. The summed E-state index contributed by atoms with van der Waals surface area (Å²) in [6, 6.07) is 43.7. The summed E-state index contributed by atoms with van der Waals surface area (Å²) in [7, 11) is 3.93. The van der Waals surface area contributed by atoms with Gasteiger partial charge < -0.3 is 34.8 Å². The number of piperidine rings is 1. The zero-order valence-electron chi connectivity index (χ0n) is 37.8. The summed E-state index contributed by atoms with van der Waals surface area (Å²) in [6.45, 7) is 8.18. The number of benzene rings is 4. The molecule has 6 aromatic rings. The zero-order valence-corrected chi connectivity index (χ0v) is 37.8. The summed E-state index contributed by atoms with van der Waals surface area (Å²) < 4.78 is 11.7. The van der Waals surface area contributed by atoms with Crippen LogP contribution in [-0.2, 0) is 9.59 Å². The van der Waals surface area contributed by atoms with Gasteiger partial charge in [0.2, 0.25) is 11.8 Å². The topological polar surface area (TPSA) is 158 Å². The number of carbonyl (C=O) groups excluding carboxylic acids is 3. The Labute approximate surface area is 392 Å². The maximum absolute atomic E-state index is 12.4. The third-order valence-corrected chi connectivity index (χ3v) is 11.4. The largest absolute Gasteiger partial charge is 0.457 e. The Bertz CT molecular complexity index is 2700. The first-order valence-electron chi connectivity index (χ1n) is 22.2. The molecule has 2 aliphatic heterocycles. The number of likely N-dealkylation sites (N-methyl/N-ethyl adjacent to an activating group) is 1. The van der Waals surface area contributed by atoms with E-state index in [2.05, 4.69) is 17.5 Å². The monoisotopic (exact) mass is 894 g/mol. The number of hydrogen-bond acceptors (Lipinski definition) is 10. The van der Waals surface area contributed by atoms with Gasteiger partial charge in [0.1, 0.15) is 34.9 Å². The average Bonchev–Trinajstić information content (AvgIpc) is 3.37. The lowest BCUT2D eigenvalue weighted by Gasteiger charge is -2.35. The van der Waals surface area contributed by atoms with E-state index in [4.69, 9.17) is 25.2 Å². The molecule has 0 aliphatic carbocycles. The van der Waals surface area contributed by atoms with Gasteiger partial charge in [-0.2, -0.15) is 5.26 Å². The summed E-state index contributed by atoms with van der Waals surface area (Å²) >= 11 is 0. The van der Waals surface area contributed by atoms with Gasteiger partial charge in [0, 0.05) is 74.6 Å². The van der Waals surface area contributed by atoms with Crippen LogP contribution in [0.2, 0.25) is 0 Å². The predicted octanol–water partition coefficient (Wildman–Crippen LogP) is 8.71. The van der Waals surface area contributed by atoms with Crippen molar-refractivity contribution in [1.82, 2.24) is 24.7 Å². The molecule has 4 aromatic carbocycles. The van der Waals surface area contributed by atoms with Crippen molar-refractivity contribution in [3.8, 4) is 51.6 Å². The molecule has 13 heteroatoms. The molecule has 340 valence electrons. The van der Waals surface area contributed by atoms with Crippen molar-refractivity contribution < 1.29 is 23.9 Å². The molecule has 0 bridgehead atoms. The molecule has 2 aromatic heterocycles. The van der Waals surface area contributed by atoms with Gasteiger partial charge in [0.15, 0.2) is 0 Å². The van der Waals surface area contributed by atoms with Crippen LogP contribution in [0.1, 0.15) is 40.4 Å². The first-order chi connectivity index (χ1) is 32.6. The fourth-order valence-corrected chi connectivity index (χ4v) is 7.82. The van der Waals surface area contributed by atoms with Crippen LogP contribution in [0.5, 0.6) is 23.0 Å². The van der Waals surface area contributed by atoms with Gasteiger partial charge in [-0.05, 0) is 130 Å². The molecule has 67 heavy (non-hydrogen) atoms. The fourth-order valence-electron chi connectivity index (χ4n) is 7.82. The summed E-state index contributed by atoms with van der Waals surface area (Å²) in [5, 5.41) is 9.59. The molecule has 2 fully saturated rings. The van der Waals surface area contributed by atoms with Crippen LogP contribution < -0.4 is 20.1 Å². The summed E-state index contributed by atoms with van der Waals surface area (Å²) in [6.07, 6.45) is 6.58. The van der Waals surface area contributed by atoms with Gasteiger partial charge >= 0.3 is 0 Å². The van der Waals surface area contributed by atoms with Gasteiger partial charge in [-0.3, -0.25) is 19.4 Å². The lowest BCUT2D eigenvalue weighted by Crippen LogP contribution is -2.48. The molecule has 0 saturated carbocycles. The Morgan fingerprint density at radius 1 is 0.687 bits per heavy atom. The van der Waals surface area contributed by atoms with E-state index in [0.29, 0.717) is 67.5 Å². The number of piperazine rings is 1. The molecule has 8 rings (SSSR count). The first-order valence-corrected chi connectivity index (χ1v) is 22.2. The number of hydrogen-bond donors (Lipinski definition) is 1. The smallest absolute Gasteiger partial charge is 0.250 e. The number of nitrogens with zero attached hydrogens (tertiary/aromatic N) is 7. The van der Waals surface area contributed by atoms with Gasteiger partial charge in [-0.1, -0.05) is 49.1 Å². The maximum atomic E-state index is 12.4. The second-order valence-corrected chi connectivity index (χ2v) is 16.3. The Morgan fingerprint density at radius 2 is 1.22 bits per heavy atom. The Morgan fingerprint density at radius 3 is 1.75 bits per heavy atom. The molecule has 0 atom stereocenters. The molecule has 2 aliphatic rings. The van der Waals surface area contributed by atoms with Crippen LogP contribution in [-0.4, -0.2) is 102 Å². The first kappa shape index (κ1) is 46.9. The maximum Gasteiger partial charge on any atom is 0.250 e. The van der Waals surface area contributed by atoms with Crippen LogP contribution in [0, 0.1) is 11.3 Å². The van der Waals surface area contributed by atoms with Crippen molar-refractivity contribution in [2.75, 3.05) is 64.8 Å². The number of carbonyl (C=O) groups is 3. The van der Waals surface area contributed by atoms with Crippen LogP contribution in [0.15, 0.2) is 158 Å². The molecule has 2 saturated heterocycles. The van der Waals surface area contributed by atoms with Gasteiger partial charge in [0.05, 0.1) is 22.5 Å². The molecule has 2 N–H and O–H groups in total. The summed E-state index contributed by atoms with van der Waals surface area (Å²) in [5.41, 5.74) is 10.4. The molecule has 0 spiro atoms. The molecule has 13 nitrogen and oxygen atoms in total. The van der Waals surface area contributed by atoms with Crippen LogP contribution in [0.3, 0.4) is 0 Å². The third kappa shape index (κ3) is 12.6. The minimum Gasteiger partial charge on any atom is -0.457 e. The SMILES string of the molecule is C=CC(=O)N1CCC(c2ccc(C#N)c(-c3ccc(Oc4ccccc4)cc3)n2)CC1.CN(C)C/C=C/C(=O)N1CCN(c2ccc(C(N)=O)c(-c3ccc(Oc4ccccc4)cc3)n2)CC1. The summed E-state index contributed by atoms with van der Waals surface area (Å²) in [4.78, 5) is 53.8. The number of anilines is 1. The number of para-hydroxylation sites is 2. The minimum atomic E-state index is -0.534. The number of likely N-dealkylation sites (tertiary alicyclic amines) is 1. The van der Waals surface area contributed by atoms with E-state index in [0.717, 1.165) is 59.3 Å². The van der Waals surface area contributed by atoms with E-state index in [-0.39, 0.29) is 17.7 Å². The standard InChI is InChI=1S/C28H31N5O3.C26H23N3O2/c1-31(2)16-6-9-26(34)33-19-17-32(18-20-33)25-15-14-24(28(29)35)27(30-25)21-10-12-23(13-11-21)36-22-7-4-3-5-8-22;1-2-25(30)29-16-14-19(15-17-29)24-13-10-21(18-27)26(28-24)20-8-11-23(12-9-20)31-22-6-4-3-5-7-22/h3-15H,16-20H2,1-2H3,(H2,29,35);2-13,19H,1,14-17H2/b9-6+;. The fraction of sp³-hybridized carbons (Fsp3) is 0.222. The molecular weight excluding hydrogens is 841 g/mol. The average molecular weight is 895 g/mol. The predicted molar refractivity (Wildman–Crippen MR) is 261 cm³/mol. The number of primary amides is 1. The van der Waals surface area contributed by atoms with Crippen molar-refractivity contribution in [2.24, 2.45) is 5.73 Å². The van der Waals surface area contributed by atoms with Crippen molar-refractivity contribution >= 4 is 23.5 Å². The Hall–Kier alpha value is -8.08. The molecule has 3 amide bonds. The molecular formula is C54H54N8O5. The second kappa shape index (κ2) is 22.7. The Balaban J connectivity index is 0.000000201. The van der Waals surface area contributed by atoms with Crippen LogP contribution in [0.25, 0.3) is 22.5 Å². The lowest BCUT2D eigenvalue weighted by atomic mass is 9.92. The summed E-state index contributed by atoms with van der Waals surface area (Å²) in [5.74, 6) is 3.40. The van der Waals surface area contributed by atoms with Crippen molar-refractivity contribution in [3.05, 3.63) is 175 Å². The zero-order chi connectivity index (χ0) is 47.1. The number of aromatic nitrogens is 2. The van der Waals surface area contributed by atoms with E-state index in [1.54, 1.807) is 12.1 Å². The highest BCUT2D eigenvalue weighted by molar-refractivity contribution is 5.99. The van der Waals surface area contributed by atoms with Crippen molar-refractivity contribution in [3.63, 3.8) is 0 Å². The van der Waals surface area contributed by atoms with Gasteiger partial charge in [-0.25, -0.2) is 4.98 Å². The number of nitrogens with two attached hydrogens (primary N) is 1. The highest BCUT2D eigenvalue weighted by Gasteiger charge is 2.25. The van der Waals surface area contributed by atoms with E-state index in [1.165, 1.54) is 6.08 Å². The van der Waals surface area contributed by atoms with Crippen molar-refractivity contribution in [1.29, 1.82) is 5.26 Å². The van der Waals surface area contributed by atoms with Crippen molar-refractivity contribution in [2.45, 2.75) is 18.8 Å². The second-order valence-electron chi connectivity index (χ2n) is 16.3. The van der Waals surface area contributed by atoms with Crippen LogP contribution in [0.4, 0.5) is 5.82 Å². The number of ether oxygens (including phenoxy) is 2. The number of nitriles is 1. The highest BCUT2D eigenvalue weighted by Crippen LogP contribution is 2.33.